The second-order valence-electron chi connectivity index (χ2n) is 5.44. The molecule has 1 aromatic rings. The first kappa shape index (κ1) is 17.7. The SMILES string of the molecule is CC(C)[C@@](C)(C#N)NC(=O)COC(=O)[C@@H](O)c1ccccc1. The molecule has 0 unspecified atom stereocenters. The van der Waals surface area contributed by atoms with Crippen LogP contribution in [0.4, 0.5) is 0 Å². The second-order valence-corrected chi connectivity index (χ2v) is 5.44. The molecule has 2 N–H and O–H groups in total. The third-order valence-corrected chi connectivity index (χ3v) is 3.47. The van der Waals surface area contributed by atoms with Crippen molar-refractivity contribution in [2.24, 2.45) is 5.92 Å². The quantitative estimate of drug-likeness (QED) is 0.772. The van der Waals surface area contributed by atoms with Crippen LogP contribution < -0.4 is 5.32 Å². The molecule has 0 aliphatic carbocycles. The van der Waals surface area contributed by atoms with Gasteiger partial charge in [0.25, 0.3) is 5.91 Å². The number of benzene rings is 1. The molecule has 1 rings (SSSR count). The summed E-state index contributed by atoms with van der Waals surface area (Å²) in [5, 5.41) is 21.4. The Morgan fingerprint density at radius 2 is 1.95 bits per heavy atom. The van der Waals surface area contributed by atoms with Crippen LogP contribution in [-0.4, -0.2) is 29.1 Å². The van der Waals surface area contributed by atoms with E-state index in [1.807, 2.05) is 6.07 Å². The molecule has 6 heteroatoms. The highest BCUT2D eigenvalue weighted by atomic mass is 16.5. The van der Waals surface area contributed by atoms with Gasteiger partial charge < -0.3 is 15.2 Å². The zero-order valence-electron chi connectivity index (χ0n) is 12.9. The van der Waals surface area contributed by atoms with Crippen LogP contribution >= 0.6 is 0 Å². The highest BCUT2D eigenvalue weighted by molar-refractivity contribution is 5.83. The number of esters is 1. The Balaban J connectivity index is 2.54. The van der Waals surface area contributed by atoms with Crippen molar-refractivity contribution in [1.29, 1.82) is 5.26 Å². The molecule has 0 aliphatic rings. The van der Waals surface area contributed by atoms with Crippen LogP contribution in [0.2, 0.25) is 0 Å². The zero-order chi connectivity index (χ0) is 16.8. The van der Waals surface area contributed by atoms with Crippen LogP contribution in [0.15, 0.2) is 30.3 Å². The zero-order valence-corrected chi connectivity index (χ0v) is 12.9. The molecular weight excluding hydrogens is 284 g/mol. The highest BCUT2D eigenvalue weighted by Gasteiger charge is 2.30. The van der Waals surface area contributed by atoms with Gasteiger partial charge in [0.2, 0.25) is 0 Å². The Hall–Kier alpha value is -2.39. The number of amides is 1. The fourth-order valence-corrected chi connectivity index (χ4v) is 1.61. The lowest BCUT2D eigenvalue weighted by Crippen LogP contribution is -2.50. The van der Waals surface area contributed by atoms with Gasteiger partial charge in [-0.3, -0.25) is 4.79 Å². The smallest absolute Gasteiger partial charge is 0.340 e. The summed E-state index contributed by atoms with van der Waals surface area (Å²) in [6.07, 6.45) is -1.44. The van der Waals surface area contributed by atoms with E-state index in [0.717, 1.165) is 0 Å². The number of aliphatic hydroxyl groups is 1. The first-order valence-corrected chi connectivity index (χ1v) is 6.92. The van der Waals surface area contributed by atoms with Gasteiger partial charge in [-0.25, -0.2) is 4.79 Å². The molecule has 0 saturated heterocycles. The summed E-state index contributed by atoms with van der Waals surface area (Å²) >= 11 is 0. The van der Waals surface area contributed by atoms with Gasteiger partial charge in [-0.1, -0.05) is 44.2 Å². The number of hydrogen-bond donors (Lipinski definition) is 2. The van der Waals surface area contributed by atoms with Gasteiger partial charge in [0.15, 0.2) is 12.7 Å². The number of nitriles is 1. The first-order chi connectivity index (χ1) is 10.3. The predicted molar refractivity (Wildman–Crippen MR) is 79.4 cm³/mol. The summed E-state index contributed by atoms with van der Waals surface area (Å²) in [5.74, 6) is -1.61. The fraction of sp³-hybridized carbons (Fsp3) is 0.438. The maximum atomic E-state index is 11.8. The van der Waals surface area contributed by atoms with E-state index in [4.69, 9.17) is 10.00 Å². The van der Waals surface area contributed by atoms with E-state index < -0.39 is 30.1 Å². The van der Waals surface area contributed by atoms with Gasteiger partial charge in [0, 0.05) is 0 Å². The molecule has 0 fully saturated rings. The average molecular weight is 304 g/mol. The number of ether oxygens (including phenoxy) is 1. The van der Waals surface area contributed by atoms with E-state index in [-0.39, 0.29) is 5.92 Å². The minimum Gasteiger partial charge on any atom is -0.453 e. The molecule has 0 aliphatic heterocycles. The van der Waals surface area contributed by atoms with E-state index in [1.54, 1.807) is 51.1 Å². The predicted octanol–water partition coefficient (Wildman–Crippen LogP) is 1.32. The van der Waals surface area contributed by atoms with Gasteiger partial charge in [-0.15, -0.1) is 0 Å². The minimum atomic E-state index is -1.44. The molecule has 0 heterocycles. The van der Waals surface area contributed by atoms with Crippen molar-refractivity contribution in [1.82, 2.24) is 5.32 Å². The van der Waals surface area contributed by atoms with Crippen molar-refractivity contribution < 1.29 is 19.4 Å². The fourth-order valence-electron chi connectivity index (χ4n) is 1.61. The maximum absolute atomic E-state index is 11.8. The van der Waals surface area contributed by atoms with Gasteiger partial charge in [-0.2, -0.15) is 5.26 Å². The van der Waals surface area contributed by atoms with Crippen LogP contribution in [0.5, 0.6) is 0 Å². The lowest BCUT2D eigenvalue weighted by Gasteiger charge is -2.27. The van der Waals surface area contributed by atoms with Crippen LogP contribution in [0.3, 0.4) is 0 Å². The number of aliphatic hydroxyl groups excluding tert-OH is 1. The van der Waals surface area contributed by atoms with Crippen molar-refractivity contribution in [2.45, 2.75) is 32.4 Å². The van der Waals surface area contributed by atoms with Crippen LogP contribution in [0, 0.1) is 17.2 Å². The van der Waals surface area contributed by atoms with Crippen molar-refractivity contribution in [3.8, 4) is 6.07 Å². The van der Waals surface area contributed by atoms with Crippen LogP contribution in [-0.2, 0) is 14.3 Å². The molecular formula is C16H20N2O4. The van der Waals surface area contributed by atoms with Gasteiger partial charge in [-0.05, 0) is 18.4 Å². The number of hydrogen-bond acceptors (Lipinski definition) is 5. The van der Waals surface area contributed by atoms with Gasteiger partial charge >= 0.3 is 5.97 Å². The van der Waals surface area contributed by atoms with Gasteiger partial charge in [0.05, 0.1) is 6.07 Å². The number of nitrogens with zero attached hydrogens (tertiary/aromatic N) is 1. The summed E-state index contributed by atoms with van der Waals surface area (Å²) in [7, 11) is 0. The summed E-state index contributed by atoms with van der Waals surface area (Å²) in [6.45, 7) is 4.65. The monoisotopic (exact) mass is 304 g/mol. The van der Waals surface area contributed by atoms with Crippen molar-refractivity contribution in [3.63, 3.8) is 0 Å². The molecule has 118 valence electrons. The Kier molecular flexibility index (Phi) is 6.08. The van der Waals surface area contributed by atoms with Crippen molar-refractivity contribution >= 4 is 11.9 Å². The third-order valence-electron chi connectivity index (χ3n) is 3.47. The van der Waals surface area contributed by atoms with E-state index in [0.29, 0.717) is 5.56 Å². The third kappa shape index (κ3) is 4.57. The topological polar surface area (TPSA) is 99.4 Å². The number of nitrogens with one attached hydrogen (secondary N) is 1. The van der Waals surface area contributed by atoms with E-state index in [1.165, 1.54) is 0 Å². The summed E-state index contributed by atoms with van der Waals surface area (Å²) < 4.78 is 4.78. The van der Waals surface area contributed by atoms with E-state index >= 15 is 0 Å². The Bertz CT molecular complexity index is 565. The van der Waals surface area contributed by atoms with E-state index in [2.05, 4.69) is 5.32 Å². The lowest BCUT2D eigenvalue weighted by atomic mass is 9.90. The Morgan fingerprint density at radius 3 is 2.45 bits per heavy atom. The van der Waals surface area contributed by atoms with Crippen molar-refractivity contribution in [3.05, 3.63) is 35.9 Å². The summed E-state index contributed by atoms with van der Waals surface area (Å²) in [5.41, 5.74) is -0.654. The number of rotatable bonds is 6. The molecule has 0 radical (unpaired) electrons. The van der Waals surface area contributed by atoms with Crippen molar-refractivity contribution in [2.75, 3.05) is 6.61 Å². The molecule has 0 bridgehead atoms. The Morgan fingerprint density at radius 1 is 1.36 bits per heavy atom. The minimum absolute atomic E-state index is 0.105. The normalized spacial score (nSPS) is 14.5. The van der Waals surface area contributed by atoms with Crippen LogP contribution in [0.1, 0.15) is 32.4 Å². The summed E-state index contributed by atoms with van der Waals surface area (Å²) in [4.78, 5) is 23.5. The molecule has 1 aromatic carbocycles. The molecule has 2 atom stereocenters. The highest BCUT2D eigenvalue weighted by Crippen LogP contribution is 2.16. The molecule has 6 nitrogen and oxygen atoms in total. The molecule has 0 spiro atoms. The maximum Gasteiger partial charge on any atom is 0.340 e. The summed E-state index contributed by atoms with van der Waals surface area (Å²) in [6, 6.07) is 10.3. The number of carbonyl (C=O) groups excluding carboxylic acids is 2. The largest absolute Gasteiger partial charge is 0.453 e. The first-order valence-electron chi connectivity index (χ1n) is 6.92. The van der Waals surface area contributed by atoms with E-state index in [9.17, 15) is 14.7 Å². The Labute approximate surface area is 129 Å². The van der Waals surface area contributed by atoms with Gasteiger partial charge in [0.1, 0.15) is 5.54 Å². The standard InChI is InChI=1S/C16H20N2O4/c1-11(2)16(3,10-17)18-13(19)9-22-15(21)14(20)12-7-5-4-6-8-12/h4-8,11,14,20H,9H2,1-3H3,(H,18,19)/t14-,16+/m0/s1. The van der Waals surface area contributed by atoms with Crippen LogP contribution in [0.25, 0.3) is 0 Å². The molecule has 22 heavy (non-hydrogen) atoms. The molecule has 0 aromatic heterocycles. The number of carbonyl (C=O) groups is 2. The average Bonchev–Trinajstić information content (AvgIpc) is 2.52. The lowest BCUT2D eigenvalue weighted by molar-refractivity contribution is -0.157. The second kappa shape index (κ2) is 7.57. The molecule has 1 amide bonds. The molecule has 0 saturated carbocycles.